The molecule has 0 radical (unpaired) electrons. The molecule has 28 heteroatoms. The highest BCUT2D eigenvalue weighted by Gasteiger charge is 2.28. The number of carbonyl (C=O) groups excluding carboxylic acids is 5. The third-order valence-electron chi connectivity index (χ3n) is 12.2. The Morgan fingerprint density at radius 1 is 0.700 bits per heavy atom. The molecule has 27 nitrogen and oxygen atoms in total. The Bertz CT molecular complexity index is 2230. The van der Waals surface area contributed by atoms with Gasteiger partial charge in [0.05, 0.1) is 131 Å². The topological polar surface area (TPSA) is 353 Å². The summed E-state index contributed by atoms with van der Waals surface area (Å²) in [5.41, 5.74) is 11.7. The van der Waals surface area contributed by atoms with Crippen molar-refractivity contribution >= 4 is 39.5 Å². The molecular weight excluding hydrogens is 1060 g/mol. The summed E-state index contributed by atoms with van der Waals surface area (Å²) in [6.45, 7) is 14.9. The number of rotatable bonds is 46. The number of unbranched alkanes of at least 4 members (excludes halogenated alkanes) is 1. The SMILES string of the molecule is CC(C)[C@H](NC(=O)CCCC1CCN(CCOCCOCCOCCOCCOCCOCCOCCOCCn2cc(CNC(=O)CCCC#Cc3cnc(S(C)(=O)=O)nc3)nn2)CC1)C(=O)N[C@@H](CCCNC(N)=O)C(N)=O. The number of urea groups is 1. The number of nitrogens with zero attached hydrogens (tertiary/aromatic N) is 6. The van der Waals surface area contributed by atoms with Gasteiger partial charge in [-0.2, -0.15) is 0 Å². The van der Waals surface area contributed by atoms with Gasteiger partial charge in [-0.05, 0) is 69.9 Å². The van der Waals surface area contributed by atoms with Crippen molar-refractivity contribution in [3.05, 3.63) is 29.8 Å². The van der Waals surface area contributed by atoms with Gasteiger partial charge in [0.2, 0.25) is 38.6 Å². The Morgan fingerprint density at radius 2 is 1.23 bits per heavy atom. The Hall–Kier alpha value is -5.48. The van der Waals surface area contributed by atoms with E-state index in [0.29, 0.717) is 162 Å². The van der Waals surface area contributed by atoms with Gasteiger partial charge < -0.3 is 75.5 Å². The van der Waals surface area contributed by atoms with Gasteiger partial charge in [-0.3, -0.25) is 19.2 Å². The fourth-order valence-corrected chi connectivity index (χ4v) is 8.26. The molecule has 452 valence electrons. The van der Waals surface area contributed by atoms with Crippen LogP contribution in [0.3, 0.4) is 0 Å². The van der Waals surface area contributed by atoms with Crippen LogP contribution in [0.25, 0.3) is 0 Å². The zero-order chi connectivity index (χ0) is 58.1. The number of piperidine rings is 1. The minimum Gasteiger partial charge on any atom is -0.378 e. The lowest BCUT2D eigenvalue weighted by Gasteiger charge is -2.31. The monoisotopic (exact) mass is 1150 g/mol. The molecule has 1 saturated heterocycles. The van der Waals surface area contributed by atoms with Gasteiger partial charge in [-0.15, -0.1) is 5.10 Å². The summed E-state index contributed by atoms with van der Waals surface area (Å²) >= 11 is 0. The van der Waals surface area contributed by atoms with E-state index in [0.717, 1.165) is 51.6 Å². The molecule has 0 unspecified atom stereocenters. The van der Waals surface area contributed by atoms with Crippen molar-refractivity contribution in [3.8, 4) is 11.8 Å². The maximum Gasteiger partial charge on any atom is 0.312 e. The van der Waals surface area contributed by atoms with Gasteiger partial charge in [-0.25, -0.2) is 27.9 Å². The maximum absolute atomic E-state index is 13.0. The number of sulfone groups is 1. The first-order valence-corrected chi connectivity index (χ1v) is 29.4. The molecule has 0 bridgehead atoms. The largest absolute Gasteiger partial charge is 0.378 e. The van der Waals surface area contributed by atoms with Gasteiger partial charge in [0.25, 0.3) is 0 Å². The highest BCUT2D eigenvalue weighted by atomic mass is 32.2. The molecular formula is C52H88N12O15S. The molecule has 0 aliphatic carbocycles. The van der Waals surface area contributed by atoms with E-state index >= 15 is 0 Å². The van der Waals surface area contributed by atoms with Gasteiger partial charge in [-0.1, -0.05) is 30.9 Å². The molecule has 2 atom stereocenters. The average Bonchev–Trinajstić information content (AvgIpc) is 3.88. The number of amides is 6. The van der Waals surface area contributed by atoms with Gasteiger partial charge >= 0.3 is 6.03 Å². The molecule has 80 heavy (non-hydrogen) atoms. The molecule has 1 aliphatic heterocycles. The molecule has 2 aromatic rings. The van der Waals surface area contributed by atoms with Crippen LogP contribution < -0.4 is 32.7 Å². The Balaban J connectivity index is 1.00. The van der Waals surface area contributed by atoms with Gasteiger partial charge in [0.1, 0.15) is 17.8 Å². The smallest absolute Gasteiger partial charge is 0.312 e. The van der Waals surface area contributed by atoms with Crippen molar-refractivity contribution in [1.29, 1.82) is 0 Å². The van der Waals surface area contributed by atoms with Crippen LogP contribution in [0.1, 0.15) is 89.3 Å². The first kappa shape index (κ1) is 68.8. The van der Waals surface area contributed by atoms with Crippen LogP contribution in [0, 0.1) is 23.7 Å². The molecule has 0 spiro atoms. The predicted molar refractivity (Wildman–Crippen MR) is 292 cm³/mol. The number of hydrogen-bond donors (Lipinski definition) is 6. The Labute approximate surface area is 470 Å². The molecule has 6 amide bonds. The number of aromatic nitrogens is 5. The van der Waals surface area contributed by atoms with Crippen LogP contribution >= 0.6 is 0 Å². The van der Waals surface area contributed by atoms with E-state index in [1.165, 1.54) is 12.4 Å². The highest BCUT2D eigenvalue weighted by molar-refractivity contribution is 7.90. The van der Waals surface area contributed by atoms with E-state index in [-0.39, 0.29) is 42.4 Å². The lowest BCUT2D eigenvalue weighted by molar-refractivity contribution is -0.132. The second-order valence-corrected chi connectivity index (χ2v) is 21.1. The average molecular weight is 1150 g/mol. The number of nitrogens with two attached hydrogens (primary N) is 2. The van der Waals surface area contributed by atoms with Crippen molar-refractivity contribution in [1.82, 2.24) is 51.1 Å². The number of ether oxygens (including phenoxy) is 8. The Kier molecular flexibility index (Phi) is 36.4. The lowest BCUT2D eigenvalue weighted by Crippen LogP contribution is -2.54. The molecule has 3 heterocycles. The van der Waals surface area contributed by atoms with E-state index in [1.54, 1.807) is 10.9 Å². The highest BCUT2D eigenvalue weighted by Crippen LogP contribution is 2.22. The van der Waals surface area contributed by atoms with Crippen LogP contribution in [-0.4, -0.2) is 218 Å². The van der Waals surface area contributed by atoms with Crippen LogP contribution in [0.4, 0.5) is 4.79 Å². The molecule has 1 aliphatic rings. The predicted octanol–water partition coefficient (Wildman–Crippen LogP) is -0.116. The van der Waals surface area contributed by atoms with Crippen molar-refractivity contribution in [3.63, 3.8) is 0 Å². The summed E-state index contributed by atoms with van der Waals surface area (Å²) in [4.78, 5) is 70.8. The van der Waals surface area contributed by atoms with E-state index in [9.17, 15) is 32.4 Å². The molecule has 8 N–H and O–H groups in total. The Morgan fingerprint density at radius 3 is 1.74 bits per heavy atom. The van der Waals surface area contributed by atoms with Crippen LogP contribution in [0.15, 0.2) is 23.7 Å². The molecule has 0 saturated carbocycles. The number of likely N-dealkylation sites (tertiary alicyclic amines) is 1. The van der Waals surface area contributed by atoms with E-state index in [2.05, 4.69) is 58.3 Å². The molecule has 0 aromatic carbocycles. The minimum atomic E-state index is -3.46. The van der Waals surface area contributed by atoms with Gasteiger partial charge in [0.15, 0.2) is 0 Å². The third-order valence-corrected chi connectivity index (χ3v) is 13.1. The number of primary amides is 2. The lowest BCUT2D eigenvalue weighted by atomic mass is 9.91. The van der Waals surface area contributed by atoms with Crippen molar-refractivity contribution in [2.75, 3.05) is 138 Å². The zero-order valence-electron chi connectivity index (χ0n) is 47.0. The minimum absolute atomic E-state index is 0.127. The summed E-state index contributed by atoms with van der Waals surface area (Å²) in [5, 5.41) is 18.6. The first-order valence-electron chi connectivity index (χ1n) is 27.5. The van der Waals surface area contributed by atoms with E-state index in [4.69, 9.17) is 49.4 Å². The van der Waals surface area contributed by atoms with Crippen LogP contribution in [0.2, 0.25) is 0 Å². The summed E-state index contributed by atoms with van der Waals surface area (Å²) in [5.74, 6) is 4.63. The van der Waals surface area contributed by atoms with E-state index < -0.39 is 39.8 Å². The summed E-state index contributed by atoms with van der Waals surface area (Å²) in [6.07, 6.45) is 11.5. The molecule has 1 fully saturated rings. The van der Waals surface area contributed by atoms with Crippen molar-refractivity contribution < 1.29 is 70.3 Å². The standard InChI is InChI=1S/C52H88N12O15S/c1-41(2)48(50(68)59-45(49(53)67)11-8-16-55-51(54)69)60-47(66)13-7-10-42-14-17-63(18-15-42)19-21-72-23-25-74-27-29-76-31-33-78-35-36-79-34-32-77-30-28-75-26-24-73-22-20-64-40-44(61-62-64)39-56-46(65)12-6-4-5-9-43-37-57-52(58-38-43)80(3,70)71/h37-38,40-42,45,48H,4,6-8,10-36,39H2,1-3H3,(H2,53,67)(H,56,65)(H,59,68)(H,60,66)(H3,54,55,69)/t45-,48-/m0/s1. The van der Waals surface area contributed by atoms with Crippen molar-refractivity contribution in [2.24, 2.45) is 23.3 Å². The van der Waals surface area contributed by atoms with Crippen LogP contribution in [0.5, 0.6) is 0 Å². The quantitative estimate of drug-likeness (QED) is 0.0286. The fourth-order valence-electron chi connectivity index (χ4n) is 7.77. The number of hydrogen-bond acceptors (Lipinski definition) is 20. The summed E-state index contributed by atoms with van der Waals surface area (Å²) in [7, 11) is -3.46. The van der Waals surface area contributed by atoms with E-state index in [1.807, 2.05) is 13.8 Å². The molecule has 2 aromatic heterocycles. The second-order valence-electron chi connectivity index (χ2n) is 19.2. The number of nitrogens with one attached hydrogen (secondary N) is 4. The second kappa shape index (κ2) is 42.4. The molecule has 3 rings (SSSR count). The first-order chi connectivity index (χ1) is 38.6. The van der Waals surface area contributed by atoms with Crippen LogP contribution in [-0.2, 0) is 80.0 Å². The summed E-state index contributed by atoms with van der Waals surface area (Å²) < 4.78 is 69.3. The normalized spacial score (nSPS) is 13.8. The fraction of sp³-hybridized carbons (Fsp3) is 0.750. The van der Waals surface area contributed by atoms with Gasteiger partial charge in [0, 0.05) is 51.0 Å². The summed E-state index contributed by atoms with van der Waals surface area (Å²) in [6, 6.07) is -2.41. The third kappa shape index (κ3) is 34.0. The zero-order valence-corrected chi connectivity index (χ0v) is 47.9. The number of carbonyl (C=O) groups is 5. The van der Waals surface area contributed by atoms with Crippen molar-refractivity contribution in [2.45, 2.75) is 108 Å². The maximum atomic E-state index is 13.0.